The van der Waals surface area contributed by atoms with Crippen molar-refractivity contribution in [3.8, 4) is 11.1 Å². The zero-order chi connectivity index (χ0) is 39.2. The molecule has 17 nitrogen and oxygen atoms in total. The molecule has 10 N–H and O–H groups in total. The number of aliphatic hydroxyl groups excluding tert-OH is 1. The number of hydrogen-bond donors (Lipinski definition) is 8. The number of hydrogen-bond acceptors (Lipinski definition) is 12. The molecule has 53 heavy (non-hydrogen) atoms. The number of amides is 5. The van der Waals surface area contributed by atoms with Crippen molar-refractivity contribution < 1.29 is 38.4 Å². The Bertz CT molecular complexity index is 1730. The van der Waals surface area contributed by atoms with Crippen LogP contribution in [-0.4, -0.2) is 100.0 Å². The molecule has 0 radical (unpaired) electrons. The number of halogens is 1. The number of aromatic nitrogens is 2. The van der Waals surface area contributed by atoms with E-state index in [9.17, 15) is 33.9 Å². The monoisotopic (exact) mass is 755 g/mol. The van der Waals surface area contributed by atoms with Crippen molar-refractivity contribution in [3.63, 3.8) is 0 Å². The summed E-state index contributed by atoms with van der Waals surface area (Å²) >= 11 is 5.96. The van der Waals surface area contributed by atoms with E-state index in [1.54, 1.807) is 36.4 Å². The largest absolute Gasteiger partial charge is 0.391 e. The number of ketones is 1. The third-order valence-electron chi connectivity index (χ3n) is 8.07. The summed E-state index contributed by atoms with van der Waals surface area (Å²) in [6.45, 7) is 5.57. The highest BCUT2D eigenvalue weighted by atomic mass is 35.5. The van der Waals surface area contributed by atoms with Gasteiger partial charge in [0.25, 0.3) is 11.8 Å². The van der Waals surface area contributed by atoms with Crippen LogP contribution >= 0.6 is 11.6 Å². The minimum absolute atomic E-state index is 0.168. The molecule has 0 aliphatic heterocycles. The molecule has 3 rings (SSSR count). The average Bonchev–Trinajstić information content (AvgIpc) is 3.57. The number of carbonyl (C=O) groups excluding carboxylic acids is 6. The molecule has 0 unspecified atom stereocenters. The number of nitrogens with one attached hydrogen (secondary N) is 5. The maximum absolute atomic E-state index is 13.2. The Kier molecular flexibility index (Phi) is 16.0. The minimum Gasteiger partial charge on any atom is -0.391 e. The van der Waals surface area contributed by atoms with Gasteiger partial charge in [0, 0.05) is 17.1 Å². The highest BCUT2D eigenvalue weighted by Crippen LogP contribution is 2.22. The quantitative estimate of drug-likeness (QED) is 0.0599. The molecule has 0 fully saturated rings. The average molecular weight is 756 g/mol. The molecule has 2 aromatic carbocycles. The van der Waals surface area contributed by atoms with Crippen molar-refractivity contribution in [3.05, 3.63) is 70.8 Å². The van der Waals surface area contributed by atoms with E-state index in [-0.39, 0.29) is 30.2 Å². The number of benzene rings is 2. The molecule has 0 spiro atoms. The van der Waals surface area contributed by atoms with Crippen LogP contribution in [0.4, 0.5) is 0 Å². The van der Waals surface area contributed by atoms with Gasteiger partial charge in [-0.05, 0) is 88.9 Å². The van der Waals surface area contributed by atoms with Crippen LogP contribution in [0.2, 0.25) is 5.02 Å². The molecule has 6 atom stereocenters. The second-order valence-corrected chi connectivity index (χ2v) is 12.8. The Morgan fingerprint density at radius 1 is 0.755 bits per heavy atom. The molecule has 286 valence electrons. The van der Waals surface area contributed by atoms with E-state index in [1.165, 1.54) is 27.7 Å². The Hall–Kier alpha value is -5.23. The van der Waals surface area contributed by atoms with E-state index >= 15 is 0 Å². The van der Waals surface area contributed by atoms with Crippen LogP contribution < -0.4 is 38.1 Å². The maximum Gasteiger partial charge on any atom is 0.296 e. The lowest BCUT2D eigenvalue weighted by molar-refractivity contribution is -0.135. The molecule has 0 aliphatic carbocycles. The molecule has 5 amide bonds. The van der Waals surface area contributed by atoms with Gasteiger partial charge in [0.15, 0.2) is 5.82 Å². The number of aliphatic hydroxyl groups is 1. The zero-order valence-corrected chi connectivity index (χ0v) is 30.6. The highest BCUT2D eigenvalue weighted by molar-refractivity contribution is 6.30. The number of carbonyl (C=O) groups is 6. The first-order chi connectivity index (χ1) is 25.1. The van der Waals surface area contributed by atoms with Gasteiger partial charge in [-0.3, -0.25) is 28.8 Å². The Balaban J connectivity index is 1.60. The number of unbranched alkanes of at least 4 members (excludes halogenated alkanes) is 1. The van der Waals surface area contributed by atoms with E-state index < -0.39 is 71.6 Å². The Morgan fingerprint density at radius 2 is 1.34 bits per heavy atom. The first-order valence-electron chi connectivity index (χ1n) is 17.0. The van der Waals surface area contributed by atoms with Crippen LogP contribution in [0.1, 0.15) is 66.9 Å². The molecule has 18 heteroatoms. The molecule has 0 saturated heterocycles. The standard InChI is InChI=1S/C35H46ClN9O8/c1-18(29(47)35-41-21(4)45-53-35)39-32(50)26(7-5-6-16-37)42-30(48)19(2)40-34(52)28(20(3)46)44-33(51)27(17-38)43-31(49)24-10-8-22(9-11-24)23-12-14-25(36)15-13-23/h8-15,18-20,26-28,46H,5-7,16-17,37-38H2,1-4H3,(H,39,50)(H,40,52)(H,42,48)(H,43,49)(H,44,51)/t18-,19-,20+,26-,27-,28-/m0/s1. The van der Waals surface area contributed by atoms with E-state index in [4.69, 9.17) is 27.6 Å². The summed E-state index contributed by atoms with van der Waals surface area (Å²) in [6.07, 6.45) is -0.246. The van der Waals surface area contributed by atoms with Crippen molar-refractivity contribution in [2.24, 2.45) is 11.5 Å². The lowest BCUT2D eigenvalue weighted by Gasteiger charge is -2.26. The summed E-state index contributed by atoms with van der Waals surface area (Å²) in [5, 5.41) is 27.0. The second kappa shape index (κ2) is 20.1. The van der Waals surface area contributed by atoms with Crippen molar-refractivity contribution in [2.75, 3.05) is 13.1 Å². The summed E-state index contributed by atoms with van der Waals surface area (Å²) < 4.78 is 4.88. The smallest absolute Gasteiger partial charge is 0.296 e. The molecule has 0 saturated carbocycles. The highest BCUT2D eigenvalue weighted by Gasteiger charge is 2.33. The molecule has 0 bridgehead atoms. The fourth-order valence-corrected chi connectivity index (χ4v) is 5.10. The molecule has 1 heterocycles. The Morgan fingerprint density at radius 3 is 1.89 bits per heavy atom. The maximum atomic E-state index is 13.2. The van der Waals surface area contributed by atoms with Gasteiger partial charge in [-0.1, -0.05) is 41.0 Å². The minimum atomic E-state index is -1.55. The third kappa shape index (κ3) is 12.5. The van der Waals surface area contributed by atoms with Crippen LogP contribution in [0, 0.1) is 6.92 Å². The van der Waals surface area contributed by atoms with Crippen molar-refractivity contribution in [1.29, 1.82) is 0 Å². The van der Waals surface area contributed by atoms with Gasteiger partial charge in [-0.2, -0.15) is 4.98 Å². The van der Waals surface area contributed by atoms with Gasteiger partial charge in [0.1, 0.15) is 24.2 Å². The van der Waals surface area contributed by atoms with E-state index in [0.29, 0.717) is 24.4 Å². The van der Waals surface area contributed by atoms with Crippen LogP contribution in [0.15, 0.2) is 53.1 Å². The summed E-state index contributed by atoms with van der Waals surface area (Å²) in [7, 11) is 0. The van der Waals surface area contributed by atoms with Crippen molar-refractivity contribution in [1.82, 2.24) is 36.7 Å². The Labute approximate surface area is 311 Å². The van der Waals surface area contributed by atoms with Crippen LogP contribution in [-0.2, 0) is 19.2 Å². The van der Waals surface area contributed by atoms with Gasteiger partial charge in [-0.25, -0.2) is 0 Å². The fraction of sp³-hybridized carbons (Fsp3) is 0.429. The number of rotatable bonds is 19. The first kappa shape index (κ1) is 42.2. The lowest BCUT2D eigenvalue weighted by Crippen LogP contribution is -2.61. The number of aryl methyl sites for hydroxylation is 1. The SMILES string of the molecule is Cc1noc(C(=O)[C@H](C)NC(=O)[C@H](CCCCN)NC(=O)[C@H](C)NC(=O)[C@@H](NC(=O)[C@H](CN)NC(=O)c2ccc(-c3ccc(Cl)cc3)cc2)[C@@H](C)O)n1. The van der Waals surface area contributed by atoms with Crippen LogP contribution in [0.25, 0.3) is 11.1 Å². The molecule has 1 aromatic heterocycles. The summed E-state index contributed by atoms with van der Waals surface area (Å²) in [4.78, 5) is 82.1. The van der Waals surface area contributed by atoms with Gasteiger partial charge in [0.05, 0.1) is 12.1 Å². The normalized spacial score (nSPS) is 14.4. The third-order valence-corrected chi connectivity index (χ3v) is 8.32. The first-order valence-corrected chi connectivity index (χ1v) is 17.3. The summed E-state index contributed by atoms with van der Waals surface area (Å²) in [5.74, 6) is -4.48. The second-order valence-electron chi connectivity index (χ2n) is 12.4. The number of nitrogens with zero attached hydrogens (tertiary/aromatic N) is 2. The summed E-state index contributed by atoms with van der Waals surface area (Å²) in [5.41, 5.74) is 13.3. The number of Topliss-reactive ketones (excluding diaryl/α,β-unsaturated/α-hetero) is 1. The van der Waals surface area contributed by atoms with Gasteiger partial charge < -0.3 is 47.7 Å². The van der Waals surface area contributed by atoms with Gasteiger partial charge in [0.2, 0.25) is 29.4 Å². The zero-order valence-electron chi connectivity index (χ0n) is 29.9. The van der Waals surface area contributed by atoms with Crippen LogP contribution in [0.3, 0.4) is 0 Å². The lowest BCUT2D eigenvalue weighted by atomic mass is 10.0. The summed E-state index contributed by atoms with van der Waals surface area (Å²) in [6, 6.07) is 7.54. The van der Waals surface area contributed by atoms with E-state index in [0.717, 1.165) is 11.1 Å². The number of nitrogens with two attached hydrogens (primary N) is 2. The van der Waals surface area contributed by atoms with Crippen molar-refractivity contribution in [2.45, 2.75) is 83.3 Å². The molecule has 3 aromatic rings. The van der Waals surface area contributed by atoms with Crippen molar-refractivity contribution >= 4 is 46.9 Å². The van der Waals surface area contributed by atoms with Gasteiger partial charge >= 0.3 is 0 Å². The predicted molar refractivity (Wildman–Crippen MR) is 194 cm³/mol. The topological polar surface area (TPSA) is 274 Å². The fourth-order valence-electron chi connectivity index (χ4n) is 4.98. The van der Waals surface area contributed by atoms with E-state index in [2.05, 4.69) is 36.7 Å². The molecular weight excluding hydrogens is 710 g/mol. The predicted octanol–water partition coefficient (Wildman–Crippen LogP) is 0.127. The van der Waals surface area contributed by atoms with Gasteiger partial charge in [-0.15, -0.1) is 0 Å². The molecule has 0 aliphatic rings. The van der Waals surface area contributed by atoms with E-state index in [1.807, 2.05) is 12.1 Å². The molecular formula is C35H46ClN9O8. The van der Waals surface area contributed by atoms with Crippen LogP contribution in [0.5, 0.6) is 0 Å².